The number of esters is 2. The number of aliphatic carboxylic acids is 1. The van der Waals surface area contributed by atoms with E-state index >= 15 is 0 Å². The highest BCUT2D eigenvalue weighted by Crippen LogP contribution is 2.55. The van der Waals surface area contributed by atoms with Gasteiger partial charge >= 0.3 is 24.1 Å². The van der Waals surface area contributed by atoms with Crippen molar-refractivity contribution >= 4 is 89.0 Å². The molecule has 24 nitrogen and oxygen atoms in total. The predicted molar refractivity (Wildman–Crippen MR) is 227 cm³/mol. The van der Waals surface area contributed by atoms with E-state index in [1.165, 1.54) is 50.0 Å². The number of aliphatic hydroxyl groups is 4. The van der Waals surface area contributed by atoms with Crippen molar-refractivity contribution in [2.75, 3.05) is 0 Å². The van der Waals surface area contributed by atoms with Crippen LogP contribution in [0.3, 0.4) is 0 Å². The number of carbonyl (C=O) groups excluding carboxylic acids is 8. The van der Waals surface area contributed by atoms with Crippen molar-refractivity contribution in [1.29, 1.82) is 0 Å². The van der Waals surface area contributed by atoms with E-state index in [-0.39, 0.29) is 108 Å². The first kappa shape index (κ1) is 55.8. The molecule has 0 aromatic carbocycles. The molecule has 0 saturated carbocycles. The topological polar surface area (TPSA) is 372 Å². The minimum absolute atomic E-state index is 0.0144. The molecule has 0 aromatic heterocycles. The molecule has 8 fully saturated rings. The number of nitrogens with two attached hydrogens (primary N) is 1. The fourth-order valence-electron chi connectivity index (χ4n) is 8.52. The standard InChI is InChI=1S/2C10H14NO5S.C9H15N2O3S.C8H13N2O3S.CO2/c1-10(2)6(4-15-14)11-8(17-10)5-3-7(12)16-9(5)13;1-10(2)6(4-16-15)11-8(14)5(3-7(12)13)9(11)17-10;1-5-7-11(8(12)10-5)6(4-14-13)9(2,3)15-7;1-8(2)4(3-13-12)10-6(11)5(9)7(10)14-8;2-1-3/h4-6,8,11,15H,3H2,1-2H3;4-6,9,16H,3H2,1-2H3,(H,12,13);4-7,14H,1-3H3,(H,10,12);3-5,7,13H,9H2,1-2H3;/q4*-1;/p-1/t5-,6-,8+;5-,6+,9-;5-,6+,7-;4-,5+,7+;/m0110./s1. The summed E-state index contributed by atoms with van der Waals surface area (Å²) in [4.78, 5) is 100. The lowest BCUT2D eigenvalue weighted by Crippen LogP contribution is -2.67. The predicted octanol–water partition coefficient (Wildman–Crippen LogP) is -3.77. The number of nitrogens with zero attached hydrogens (tertiary/aromatic N) is 3. The highest BCUT2D eigenvalue weighted by Gasteiger charge is 2.60. The Morgan fingerprint density at radius 3 is 1.65 bits per heavy atom. The number of thioether (sulfide) groups is 4. The molecule has 8 saturated heterocycles. The molecule has 374 valence electrons. The summed E-state index contributed by atoms with van der Waals surface area (Å²) < 4.78 is 3.63. The molecule has 8 rings (SSSR count). The van der Waals surface area contributed by atoms with Crippen LogP contribution in [0.4, 0.5) is 4.79 Å². The minimum atomic E-state index is -1.22. The van der Waals surface area contributed by atoms with E-state index in [1.54, 1.807) is 38.2 Å². The molecule has 0 radical (unpaired) electrons. The lowest BCUT2D eigenvalue weighted by molar-refractivity contribution is -0.763. The van der Waals surface area contributed by atoms with Crippen molar-refractivity contribution < 1.29 is 88.8 Å². The maximum absolute atomic E-state index is 11.8. The van der Waals surface area contributed by atoms with Crippen LogP contribution in [-0.4, -0.2) is 153 Å². The lowest BCUT2D eigenvalue weighted by atomic mass is 9.90. The second kappa shape index (κ2) is 22.3. The Morgan fingerprint density at radius 2 is 1.20 bits per heavy atom. The average Bonchev–Trinajstić information content (AvgIpc) is 4.00. The number of hydrogen-bond acceptors (Lipinski definition) is 20. The molecule has 12 atom stereocenters. The molecule has 0 bridgehead atoms. The summed E-state index contributed by atoms with van der Waals surface area (Å²) in [5, 5.41) is 57.5. The molecule has 28 heteroatoms. The third-order valence-corrected chi connectivity index (χ3v) is 18.5. The zero-order chi connectivity index (χ0) is 49.9. The Bertz CT molecular complexity index is 1840. The summed E-state index contributed by atoms with van der Waals surface area (Å²) in [7, 11) is 0. The summed E-state index contributed by atoms with van der Waals surface area (Å²) in [5.41, 5.74) is 5.65. The van der Waals surface area contributed by atoms with Gasteiger partial charge in [0.15, 0.2) is 0 Å². The Morgan fingerprint density at radius 1 is 0.742 bits per heavy atom. The fraction of sp³-hybridized carbons (Fsp3) is 0.711. The maximum Gasteiger partial charge on any atom is 0.373 e. The number of carbonyl (C=O) groups is 6. The van der Waals surface area contributed by atoms with Crippen LogP contribution in [0.15, 0.2) is 0 Å². The first-order valence-electron chi connectivity index (χ1n) is 20.2. The van der Waals surface area contributed by atoms with E-state index in [0.717, 1.165) is 0 Å². The minimum Gasteiger partial charge on any atom is -0.587 e. The van der Waals surface area contributed by atoms with Crippen molar-refractivity contribution in [3.8, 4) is 0 Å². The number of nitrogens with one attached hydrogen (secondary N) is 2. The van der Waals surface area contributed by atoms with Crippen LogP contribution in [-0.2, 0) is 38.3 Å². The van der Waals surface area contributed by atoms with Crippen LogP contribution in [0.5, 0.6) is 0 Å². The first-order valence-corrected chi connectivity index (χ1v) is 23.7. The van der Waals surface area contributed by atoms with E-state index in [2.05, 4.69) is 34.9 Å². The second-order valence-electron chi connectivity index (χ2n) is 18.0. The van der Waals surface area contributed by atoms with Gasteiger partial charge in [0.25, 0.3) is 0 Å². The van der Waals surface area contributed by atoms with Crippen molar-refractivity contribution in [1.82, 2.24) is 25.3 Å². The highest BCUT2D eigenvalue weighted by atomic mass is 32.2. The lowest BCUT2D eigenvalue weighted by Gasteiger charge is -2.47. The van der Waals surface area contributed by atoms with Gasteiger partial charge in [0.1, 0.15) is 6.04 Å². The van der Waals surface area contributed by atoms with E-state index in [4.69, 9.17) is 15.3 Å². The number of amides is 4. The largest absolute Gasteiger partial charge is 0.587 e. The number of β-lactam (4-membered cyclic amide) rings is 2. The summed E-state index contributed by atoms with van der Waals surface area (Å²) in [5.74, 6) is -3.52. The number of fused-ring (bicyclic) bond motifs is 3. The summed E-state index contributed by atoms with van der Waals surface area (Å²) in [6.45, 7) is 22.9. The molecule has 0 unspecified atom stereocenters. The molecule has 66 heavy (non-hydrogen) atoms. The van der Waals surface area contributed by atoms with E-state index in [1.807, 2.05) is 62.3 Å². The Balaban J connectivity index is 0.000000189. The van der Waals surface area contributed by atoms with Gasteiger partial charge in [0, 0.05) is 31.4 Å². The van der Waals surface area contributed by atoms with Crippen LogP contribution in [0, 0.1) is 38.3 Å². The second-order valence-corrected chi connectivity index (χ2v) is 25.1. The number of urea groups is 1. The smallest absolute Gasteiger partial charge is 0.373 e. The molecular weight excluding hydrogens is 957 g/mol. The summed E-state index contributed by atoms with van der Waals surface area (Å²) >= 11 is 6.37. The fourth-order valence-corrected chi connectivity index (χ4v) is 14.8. The monoisotopic (exact) mass is 1010 g/mol. The van der Waals surface area contributed by atoms with E-state index in [0.29, 0.717) is 0 Å². The molecule has 8 N–H and O–H groups in total. The summed E-state index contributed by atoms with van der Waals surface area (Å²) in [6.07, 6.45) is 0.0884. The number of carboxylic acid groups (broad SMARTS) is 1. The van der Waals surface area contributed by atoms with Gasteiger partial charge in [-0.2, -0.15) is 9.59 Å². The van der Waals surface area contributed by atoms with Crippen LogP contribution in [0.2, 0.25) is 0 Å². The van der Waals surface area contributed by atoms with Crippen LogP contribution in [0.1, 0.15) is 75.2 Å². The third-order valence-electron chi connectivity index (χ3n) is 11.9. The zero-order valence-corrected chi connectivity index (χ0v) is 40.5. The van der Waals surface area contributed by atoms with Crippen molar-refractivity contribution in [3.05, 3.63) is 26.4 Å². The van der Waals surface area contributed by atoms with Crippen molar-refractivity contribution in [2.45, 2.75) is 152 Å². The third kappa shape index (κ3) is 11.8. The van der Waals surface area contributed by atoms with Gasteiger partial charge in [0.05, 0.1) is 45.8 Å². The van der Waals surface area contributed by atoms with Gasteiger partial charge in [-0.25, -0.2) is 4.79 Å². The van der Waals surface area contributed by atoms with Gasteiger partial charge in [-0.1, -0.05) is 55.4 Å². The van der Waals surface area contributed by atoms with Gasteiger partial charge in [-0.15, -0.1) is 47.0 Å². The van der Waals surface area contributed by atoms with Gasteiger partial charge < -0.3 is 86.3 Å². The number of rotatable bonds is 11. The average molecular weight is 1010 g/mol. The van der Waals surface area contributed by atoms with E-state index < -0.39 is 35.8 Å². The highest BCUT2D eigenvalue weighted by molar-refractivity contribution is 8.02. The molecule has 4 amide bonds. The quantitative estimate of drug-likeness (QED) is 0.0340. The molecule has 8 aliphatic heterocycles. The number of carboxylic acids is 1. The van der Waals surface area contributed by atoms with Crippen molar-refractivity contribution in [3.63, 3.8) is 0 Å². The molecule has 0 spiro atoms. The van der Waals surface area contributed by atoms with Gasteiger partial charge in [0.2, 0.25) is 11.8 Å². The van der Waals surface area contributed by atoms with Crippen LogP contribution in [0.25, 0.3) is 0 Å². The first-order chi connectivity index (χ1) is 30.7. The number of ether oxygens (including phenoxy) is 1. The summed E-state index contributed by atoms with van der Waals surface area (Å²) in [6, 6.07) is -1.40. The van der Waals surface area contributed by atoms with Gasteiger partial charge in [-0.3, -0.25) is 19.2 Å². The normalized spacial score (nSPS) is 35.4. The molecule has 0 aromatic rings. The molecule has 0 aliphatic carbocycles. The Kier molecular flexibility index (Phi) is 18.9. The molecule has 8 heterocycles. The number of hydrogen-bond donors (Lipinski definition) is 3. The van der Waals surface area contributed by atoms with Crippen LogP contribution >= 0.6 is 47.0 Å². The number of cyclic esters (lactones) is 2. The maximum atomic E-state index is 11.8. The molecule has 8 aliphatic rings. The SMILES string of the molecule is CC1(C)S[C@@H]2[C@H](CC(=O)[O-])C(=O)N2[C@H]1[CH-][OH+][O-].CC1(C)S[C@@H]2[C@H](N)C(=O)N2[C@H]1[CH-][OH+][O-].CC1(C)S[C@H]([C@@H]2CC(=O)OC2=O)N[C@H]1[CH-][OH+][O-].C[C@H]1NC(=O)N2[C@@H]1SC(C)(C)[C@@H]2[CH-][OH+][O-].O=C=O. The Hall–Kier alpha value is -2.80. The zero-order valence-electron chi connectivity index (χ0n) is 37.2. The Labute approximate surface area is 397 Å². The molecular formula is C38H55N6O18S4-5. The van der Waals surface area contributed by atoms with Crippen molar-refractivity contribution in [2.24, 2.45) is 17.6 Å². The van der Waals surface area contributed by atoms with Crippen LogP contribution < -0.4 is 42.5 Å². The van der Waals surface area contributed by atoms with Gasteiger partial charge in [-0.05, 0) is 57.5 Å². The van der Waals surface area contributed by atoms with E-state index in [9.17, 15) is 54.9 Å².